The number of aromatic nitrogens is 1. The maximum atomic E-state index is 8.79. The number of methoxy groups -OCH3 is 1. The Bertz CT molecular complexity index is 465. The van der Waals surface area contributed by atoms with E-state index in [9.17, 15) is 0 Å². The van der Waals surface area contributed by atoms with E-state index in [4.69, 9.17) is 10.00 Å². The van der Waals surface area contributed by atoms with Crippen LogP contribution in [0.15, 0.2) is 21.7 Å². The fourth-order valence-electron chi connectivity index (χ4n) is 1.18. The summed E-state index contributed by atoms with van der Waals surface area (Å²) in [5, 5.41) is 8.79. The molecule has 0 amide bonds. The van der Waals surface area contributed by atoms with Gasteiger partial charge >= 0.3 is 5.82 Å². The Morgan fingerprint density at radius 3 is 2.82 bits per heavy atom. The molecule has 0 radical (unpaired) electrons. The zero-order valence-electron chi connectivity index (χ0n) is 10.0. The highest BCUT2D eigenvalue weighted by atomic mass is 79.9. The van der Waals surface area contributed by atoms with Crippen LogP contribution in [0, 0.1) is 11.3 Å². The van der Waals surface area contributed by atoms with Crippen LogP contribution in [-0.2, 0) is 6.54 Å². The van der Waals surface area contributed by atoms with Crippen LogP contribution in [0.5, 0.6) is 5.75 Å². The minimum absolute atomic E-state index is 0.227. The second-order valence-electron chi connectivity index (χ2n) is 3.53. The van der Waals surface area contributed by atoms with Gasteiger partial charge in [-0.1, -0.05) is 0 Å². The van der Waals surface area contributed by atoms with Crippen molar-refractivity contribution >= 4 is 28.1 Å². The molecule has 1 aromatic rings. The molecule has 0 aromatic carbocycles. The summed E-state index contributed by atoms with van der Waals surface area (Å²) in [6.45, 7) is 0.227. The Morgan fingerprint density at radius 1 is 1.59 bits per heavy atom. The standard InChI is InChI=1S/C11H14BrN4O/c1-15(2)8-14-11-7-9(17-3)6-10(12)16(11)5-4-13/h6-8H,5H2,1-3H3/q+1. The number of hydrogen-bond donors (Lipinski definition) is 0. The van der Waals surface area contributed by atoms with Crippen LogP contribution >= 0.6 is 15.9 Å². The molecule has 0 unspecified atom stereocenters. The lowest BCUT2D eigenvalue weighted by Gasteiger charge is -2.04. The molecule has 0 fully saturated rings. The van der Waals surface area contributed by atoms with E-state index in [0.29, 0.717) is 11.6 Å². The number of halogens is 1. The van der Waals surface area contributed by atoms with Crippen molar-refractivity contribution in [1.29, 1.82) is 5.26 Å². The summed E-state index contributed by atoms with van der Waals surface area (Å²) in [7, 11) is 5.36. The third-order valence-corrected chi connectivity index (χ3v) is 2.61. The quantitative estimate of drug-likeness (QED) is 0.366. The fourth-order valence-corrected chi connectivity index (χ4v) is 1.71. The molecule has 0 bridgehead atoms. The van der Waals surface area contributed by atoms with Crippen molar-refractivity contribution in [2.24, 2.45) is 4.99 Å². The van der Waals surface area contributed by atoms with Gasteiger partial charge in [-0.2, -0.15) is 5.26 Å². The minimum atomic E-state index is 0.227. The molecular formula is C11H14BrN4O+. The molecule has 0 spiro atoms. The number of rotatable bonds is 4. The van der Waals surface area contributed by atoms with E-state index in [-0.39, 0.29) is 6.54 Å². The van der Waals surface area contributed by atoms with Crippen molar-refractivity contribution in [3.05, 3.63) is 16.7 Å². The minimum Gasteiger partial charge on any atom is -0.496 e. The Kier molecular flexibility index (Phi) is 4.91. The molecule has 1 rings (SSSR count). The first-order valence-corrected chi connectivity index (χ1v) is 5.72. The van der Waals surface area contributed by atoms with Gasteiger partial charge in [-0.05, 0) is 20.9 Å². The average Bonchev–Trinajstić information content (AvgIpc) is 2.29. The topological polar surface area (TPSA) is 52.5 Å². The van der Waals surface area contributed by atoms with Gasteiger partial charge in [-0.25, -0.2) is 4.57 Å². The van der Waals surface area contributed by atoms with Gasteiger partial charge in [0.2, 0.25) is 6.34 Å². The molecule has 6 heteroatoms. The van der Waals surface area contributed by atoms with E-state index in [1.807, 2.05) is 19.0 Å². The van der Waals surface area contributed by atoms with Crippen LogP contribution in [-0.4, -0.2) is 32.4 Å². The van der Waals surface area contributed by atoms with Crippen molar-refractivity contribution < 1.29 is 9.30 Å². The number of pyridine rings is 1. The monoisotopic (exact) mass is 297 g/mol. The van der Waals surface area contributed by atoms with Gasteiger partial charge in [-0.3, -0.25) is 0 Å². The number of nitriles is 1. The van der Waals surface area contributed by atoms with Crippen LogP contribution in [0.25, 0.3) is 0 Å². The van der Waals surface area contributed by atoms with Gasteiger partial charge in [0.15, 0.2) is 11.1 Å². The van der Waals surface area contributed by atoms with Crippen molar-refractivity contribution in [1.82, 2.24) is 4.90 Å². The molecule has 0 atom stereocenters. The summed E-state index contributed by atoms with van der Waals surface area (Å²) in [6.07, 6.45) is 1.68. The molecule has 0 N–H and O–H groups in total. The number of hydrogen-bond acceptors (Lipinski definition) is 3. The van der Waals surface area contributed by atoms with Gasteiger partial charge < -0.3 is 9.64 Å². The molecule has 0 aliphatic rings. The predicted octanol–water partition coefficient (Wildman–Crippen LogP) is 1.49. The lowest BCUT2D eigenvalue weighted by molar-refractivity contribution is -0.683. The molecule has 1 aromatic heterocycles. The molecule has 1 heterocycles. The molecule has 5 nitrogen and oxygen atoms in total. The zero-order chi connectivity index (χ0) is 12.8. The third-order valence-electron chi connectivity index (χ3n) is 1.95. The number of ether oxygens (including phenoxy) is 1. The number of aliphatic imine (C=N–C) groups is 1. The van der Waals surface area contributed by atoms with E-state index in [2.05, 4.69) is 27.0 Å². The Morgan fingerprint density at radius 2 is 2.29 bits per heavy atom. The summed E-state index contributed by atoms with van der Waals surface area (Å²) in [5.74, 6) is 1.35. The average molecular weight is 298 g/mol. The smallest absolute Gasteiger partial charge is 0.330 e. The van der Waals surface area contributed by atoms with E-state index >= 15 is 0 Å². The largest absolute Gasteiger partial charge is 0.496 e. The zero-order valence-corrected chi connectivity index (χ0v) is 11.6. The summed E-state index contributed by atoms with van der Waals surface area (Å²) >= 11 is 3.39. The second kappa shape index (κ2) is 6.21. The predicted molar refractivity (Wildman–Crippen MR) is 68.3 cm³/mol. The summed E-state index contributed by atoms with van der Waals surface area (Å²) in [4.78, 5) is 6.12. The molecule has 0 aliphatic heterocycles. The van der Waals surface area contributed by atoms with Crippen molar-refractivity contribution in [2.75, 3.05) is 21.2 Å². The normalized spacial score (nSPS) is 10.3. The maximum absolute atomic E-state index is 8.79. The van der Waals surface area contributed by atoms with Crippen LogP contribution in [0.3, 0.4) is 0 Å². The maximum Gasteiger partial charge on any atom is 0.330 e. The number of nitrogens with zero attached hydrogens (tertiary/aromatic N) is 4. The van der Waals surface area contributed by atoms with Gasteiger partial charge in [0.05, 0.1) is 13.2 Å². The SMILES string of the molecule is COc1cc(Br)[n+](CC#N)c(N=CN(C)C)c1. The van der Waals surface area contributed by atoms with Gasteiger partial charge in [0, 0.05) is 20.2 Å². The van der Waals surface area contributed by atoms with Crippen molar-refractivity contribution in [3.63, 3.8) is 0 Å². The van der Waals surface area contributed by atoms with E-state index in [1.54, 1.807) is 30.1 Å². The first-order chi connectivity index (χ1) is 8.08. The molecule has 0 aliphatic carbocycles. The highest BCUT2D eigenvalue weighted by Gasteiger charge is 2.15. The van der Waals surface area contributed by atoms with Crippen LogP contribution < -0.4 is 9.30 Å². The van der Waals surface area contributed by atoms with Crippen LogP contribution in [0.2, 0.25) is 0 Å². The Balaban J connectivity index is 3.23. The fraction of sp³-hybridized carbons (Fsp3) is 0.364. The lowest BCUT2D eigenvalue weighted by Crippen LogP contribution is -2.35. The third kappa shape index (κ3) is 3.71. The van der Waals surface area contributed by atoms with Gasteiger partial charge in [0.25, 0.3) is 0 Å². The lowest BCUT2D eigenvalue weighted by atomic mass is 10.4. The van der Waals surface area contributed by atoms with Crippen LogP contribution in [0.4, 0.5) is 5.82 Å². The molecule has 0 saturated carbocycles. The van der Waals surface area contributed by atoms with Crippen LogP contribution in [0.1, 0.15) is 0 Å². The summed E-state index contributed by atoms with van der Waals surface area (Å²) in [5.41, 5.74) is 0. The van der Waals surface area contributed by atoms with Crippen molar-refractivity contribution in [3.8, 4) is 11.8 Å². The Hall–Kier alpha value is -1.61. The van der Waals surface area contributed by atoms with Crippen molar-refractivity contribution in [2.45, 2.75) is 6.54 Å². The summed E-state index contributed by atoms with van der Waals surface area (Å²) < 4.78 is 7.67. The first kappa shape index (κ1) is 13.5. The van der Waals surface area contributed by atoms with E-state index < -0.39 is 0 Å². The van der Waals surface area contributed by atoms with Gasteiger partial charge in [0.1, 0.15) is 11.8 Å². The molecule has 17 heavy (non-hydrogen) atoms. The second-order valence-corrected chi connectivity index (χ2v) is 4.34. The highest BCUT2D eigenvalue weighted by Crippen LogP contribution is 2.20. The van der Waals surface area contributed by atoms with Gasteiger partial charge in [-0.15, -0.1) is 0 Å². The summed E-state index contributed by atoms with van der Waals surface area (Å²) in [6, 6.07) is 5.67. The van der Waals surface area contributed by atoms with E-state index in [0.717, 1.165) is 4.60 Å². The molecular weight excluding hydrogens is 284 g/mol. The highest BCUT2D eigenvalue weighted by molar-refractivity contribution is 9.10. The Labute approximate surface area is 109 Å². The first-order valence-electron chi connectivity index (χ1n) is 4.93. The van der Waals surface area contributed by atoms with E-state index in [1.165, 1.54) is 0 Å². The molecule has 90 valence electrons. The molecule has 0 saturated heterocycles.